The molecule has 2 aromatic carbocycles. The predicted octanol–water partition coefficient (Wildman–Crippen LogP) is 5.91. The minimum absolute atomic E-state index is 0. The molecule has 4 aromatic rings. The molecule has 0 spiro atoms. The van der Waals surface area contributed by atoms with Crippen LogP contribution < -0.4 is 0 Å². The standard InChI is InChI=1S/C12H11N.C12H10N.Ir/c2*1-10-6-5-9-13-12(10)11-7-3-2-4-8-11;/h2-9H,1H3;2-7,9H,1H3;/q;-1;/i2*1D3;. The fourth-order valence-corrected chi connectivity index (χ4v) is 2.39. The van der Waals surface area contributed by atoms with Crippen molar-refractivity contribution in [1.82, 2.24) is 9.97 Å². The van der Waals surface area contributed by atoms with E-state index in [1.54, 1.807) is 48.8 Å². The van der Waals surface area contributed by atoms with Gasteiger partial charge in [-0.1, -0.05) is 48.0 Å². The second kappa shape index (κ2) is 10.5. The first kappa shape index (κ1) is 13.5. The topological polar surface area (TPSA) is 25.8 Å². The maximum Gasteiger partial charge on any atom is 0.0731 e. The molecule has 0 aliphatic carbocycles. The van der Waals surface area contributed by atoms with Crippen LogP contribution in [0.4, 0.5) is 0 Å². The maximum atomic E-state index is 7.46. The van der Waals surface area contributed by atoms with Crippen molar-refractivity contribution >= 4 is 0 Å². The van der Waals surface area contributed by atoms with Gasteiger partial charge in [-0.25, -0.2) is 0 Å². The van der Waals surface area contributed by atoms with Gasteiger partial charge in [0.15, 0.2) is 0 Å². The molecule has 137 valence electrons. The number of hydrogen-bond donors (Lipinski definition) is 0. The summed E-state index contributed by atoms with van der Waals surface area (Å²) in [5.41, 5.74) is 3.09. The van der Waals surface area contributed by atoms with Crippen LogP contribution in [-0.4, -0.2) is 9.97 Å². The monoisotopic (exact) mass is 536 g/mol. The number of aryl methyl sites for hydroxylation is 2. The summed E-state index contributed by atoms with van der Waals surface area (Å²) >= 11 is 0. The number of rotatable bonds is 2. The number of benzene rings is 2. The Hall–Kier alpha value is -2.61. The molecule has 0 atom stereocenters. The Morgan fingerprint density at radius 3 is 1.96 bits per heavy atom. The van der Waals surface area contributed by atoms with E-state index < -0.39 is 13.7 Å². The van der Waals surface area contributed by atoms with Gasteiger partial charge in [-0.3, -0.25) is 4.98 Å². The molecule has 0 bridgehead atoms. The summed E-state index contributed by atoms with van der Waals surface area (Å²) in [5, 5.41) is 0. The van der Waals surface area contributed by atoms with Crippen LogP contribution in [0.3, 0.4) is 0 Å². The SMILES string of the molecule is [2H]C([2H])([2H])c1cccnc1-c1[c-]cccc1.[2H]C([2H])([2H])c1cccnc1-c1ccccc1.[Ir]. The Kier molecular flexibility index (Phi) is 5.27. The van der Waals surface area contributed by atoms with E-state index in [4.69, 9.17) is 8.22 Å². The largest absolute Gasteiger partial charge is 0.304 e. The molecule has 0 saturated carbocycles. The molecule has 0 fully saturated rings. The Labute approximate surface area is 183 Å². The Bertz CT molecular complexity index is 1050. The van der Waals surface area contributed by atoms with Crippen LogP contribution in [0.15, 0.2) is 91.3 Å². The van der Waals surface area contributed by atoms with E-state index in [0.717, 1.165) is 5.56 Å². The van der Waals surface area contributed by atoms with Gasteiger partial charge >= 0.3 is 0 Å². The van der Waals surface area contributed by atoms with Crippen molar-refractivity contribution in [1.29, 1.82) is 0 Å². The molecule has 2 nitrogen and oxygen atoms in total. The number of nitrogens with zero attached hydrogens (tertiary/aromatic N) is 2. The summed E-state index contributed by atoms with van der Waals surface area (Å²) in [7, 11) is 0. The Morgan fingerprint density at radius 2 is 1.33 bits per heavy atom. The van der Waals surface area contributed by atoms with Gasteiger partial charge in [0, 0.05) is 46.3 Å². The summed E-state index contributed by atoms with van der Waals surface area (Å²) in [4.78, 5) is 8.28. The molecule has 27 heavy (non-hydrogen) atoms. The maximum absolute atomic E-state index is 7.46. The third-order valence-corrected chi connectivity index (χ3v) is 3.63. The van der Waals surface area contributed by atoms with Gasteiger partial charge in [0.05, 0.1) is 5.69 Å². The number of aromatic nitrogens is 2. The molecular weight excluding hydrogens is 508 g/mol. The van der Waals surface area contributed by atoms with E-state index in [-0.39, 0.29) is 25.7 Å². The fourth-order valence-electron chi connectivity index (χ4n) is 2.39. The zero-order valence-corrected chi connectivity index (χ0v) is 16.8. The van der Waals surface area contributed by atoms with Gasteiger partial charge in [-0.15, -0.1) is 35.9 Å². The molecule has 2 heterocycles. The molecular formula is C24H21IrN2-. The third-order valence-electron chi connectivity index (χ3n) is 3.63. The molecule has 3 heteroatoms. The second-order valence-electron chi connectivity index (χ2n) is 5.44. The van der Waals surface area contributed by atoms with Crippen LogP contribution in [0.2, 0.25) is 0 Å². The van der Waals surface area contributed by atoms with Crippen molar-refractivity contribution < 1.29 is 28.3 Å². The van der Waals surface area contributed by atoms with Crippen molar-refractivity contribution in [3.8, 4) is 22.5 Å². The van der Waals surface area contributed by atoms with Crippen molar-refractivity contribution in [2.45, 2.75) is 13.7 Å². The molecule has 0 saturated heterocycles. The van der Waals surface area contributed by atoms with E-state index in [0.29, 0.717) is 22.5 Å². The van der Waals surface area contributed by atoms with Crippen LogP contribution in [0.25, 0.3) is 22.5 Å². The Balaban J connectivity index is 0.000000227. The van der Waals surface area contributed by atoms with Gasteiger partial charge in [0.2, 0.25) is 0 Å². The van der Waals surface area contributed by atoms with E-state index in [1.165, 1.54) is 0 Å². The molecule has 1 radical (unpaired) electrons. The summed E-state index contributed by atoms with van der Waals surface area (Å²) < 4.78 is 44.7. The van der Waals surface area contributed by atoms with Crippen molar-refractivity contribution in [2.24, 2.45) is 0 Å². The molecule has 0 aliphatic heterocycles. The molecule has 0 unspecified atom stereocenters. The van der Waals surface area contributed by atoms with Crippen LogP contribution in [0.5, 0.6) is 0 Å². The predicted molar refractivity (Wildman–Crippen MR) is 108 cm³/mol. The molecule has 4 rings (SSSR count). The van der Waals surface area contributed by atoms with Crippen molar-refractivity contribution in [2.75, 3.05) is 0 Å². The zero-order chi connectivity index (χ0) is 23.2. The van der Waals surface area contributed by atoms with Gasteiger partial charge in [0.25, 0.3) is 0 Å². The normalized spacial score (nSPS) is 13.8. The summed E-state index contributed by atoms with van der Waals surface area (Å²) in [6, 6.07) is 26.0. The van der Waals surface area contributed by atoms with Crippen LogP contribution in [-0.2, 0) is 20.1 Å². The summed E-state index contributed by atoms with van der Waals surface area (Å²) in [5.74, 6) is 0. The van der Waals surface area contributed by atoms with Crippen LogP contribution in [0.1, 0.15) is 19.4 Å². The summed E-state index contributed by atoms with van der Waals surface area (Å²) in [6.45, 7) is -4.27. The number of pyridine rings is 2. The smallest absolute Gasteiger partial charge is 0.0731 e. The summed E-state index contributed by atoms with van der Waals surface area (Å²) in [6.07, 6.45) is 3.20. The van der Waals surface area contributed by atoms with Gasteiger partial charge in [-0.2, -0.15) is 0 Å². The van der Waals surface area contributed by atoms with E-state index in [9.17, 15) is 0 Å². The van der Waals surface area contributed by atoms with E-state index in [1.807, 2.05) is 42.5 Å². The molecule has 0 aliphatic rings. The average molecular weight is 536 g/mol. The fraction of sp³-hybridized carbons (Fsp3) is 0.0833. The van der Waals surface area contributed by atoms with Crippen molar-refractivity contribution in [3.63, 3.8) is 0 Å². The first-order chi connectivity index (χ1) is 15.2. The van der Waals surface area contributed by atoms with E-state index in [2.05, 4.69) is 16.0 Å². The zero-order valence-electron chi connectivity index (χ0n) is 20.4. The third kappa shape index (κ3) is 5.68. The van der Waals surface area contributed by atoms with Crippen LogP contribution >= 0.6 is 0 Å². The quantitative estimate of drug-likeness (QED) is 0.298. The van der Waals surface area contributed by atoms with Crippen molar-refractivity contribution in [3.05, 3.63) is 108 Å². The second-order valence-corrected chi connectivity index (χ2v) is 5.44. The first-order valence-electron chi connectivity index (χ1n) is 11.1. The van der Waals surface area contributed by atoms with Gasteiger partial charge < -0.3 is 4.98 Å². The van der Waals surface area contributed by atoms with Gasteiger partial charge in [0.1, 0.15) is 0 Å². The molecule has 2 aromatic heterocycles. The average Bonchev–Trinajstić information content (AvgIpc) is 2.80. The number of hydrogen-bond acceptors (Lipinski definition) is 2. The molecule has 0 N–H and O–H groups in total. The minimum Gasteiger partial charge on any atom is -0.304 e. The van der Waals surface area contributed by atoms with Crippen LogP contribution in [0, 0.1) is 19.8 Å². The Morgan fingerprint density at radius 1 is 0.704 bits per heavy atom. The minimum atomic E-state index is -2.15. The first-order valence-corrected chi connectivity index (χ1v) is 8.11. The van der Waals surface area contributed by atoms with E-state index >= 15 is 0 Å². The van der Waals surface area contributed by atoms with Gasteiger partial charge in [-0.05, 0) is 37.1 Å². The molecule has 0 amide bonds.